The van der Waals surface area contributed by atoms with Crippen LogP contribution in [0.5, 0.6) is 0 Å². The molecular weight excluding hydrogens is 360 g/mol. The number of rotatable bonds is 4. The Labute approximate surface area is 155 Å². The quantitative estimate of drug-likeness (QED) is 0.653. The maximum atomic E-state index is 12.2. The number of nitrogens with one attached hydrogen (secondary N) is 1. The summed E-state index contributed by atoms with van der Waals surface area (Å²) in [6.07, 6.45) is 0. The van der Waals surface area contributed by atoms with Gasteiger partial charge in [-0.1, -0.05) is 23.7 Å². The molecule has 1 aliphatic heterocycles. The van der Waals surface area contributed by atoms with Crippen LogP contribution in [-0.2, 0) is 4.74 Å². The van der Waals surface area contributed by atoms with Crippen LogP contribution in [0.2, 0.25) is 5.02 Å². The summed E-state index contributed by atoms with van der Waals surface area (Å²) >= 11 is 11.1. The number of benzene rings is 2. The van der Waals surface area contributed by atoms with Gasteiger partial charge in [0.05, 0.1) is 17.7 Å². The number of carbonyl (C=O) groups is 2. The van der Waals surface area contributed by atoms with Crippen molar-refractivity contribution < 1.29 is 14.3 Å². The Morgan fingerprint density at radius 1 is 1.16 bits per heavy atom. The van der Waals surface area contributed by atoms with Crippen molar-refractivity contribution in [2.24, 2.45) is 0 Å². The zero-order chi connectivity index (χ0) is 18.0. The zero-order valence-electron chi connectivity index (χ0n) is 13.4. The standard InChI is InChI=1S/C18H15ClN2O3S/c1-11-10-12(19)6-7-15(11)20-18(25)24-9-8-21-16(22)13-4-2-3-5-14(13)17(21)23/h2-7,10H,8-9H2,1H3,(H,20,25). The van der Waals surface area contributed by atoms with Crippen LogP contribution in [0, 0.1) is 6.92 Å². The van der Waals surface area contributed by atoms with Crippen molar-refractivity contribution in [3.63, 3.8) is 0 Å². The molecule has 1 N–H and O–H groups in total. The van der Waals surface area contributed by atoms with E-state index in [0.717, 1.165) is 11.3 Å². The normalized spacial score (nSPS) is 13.0. The summed E-state index contributed by atoms with van der Waals surface area (Å²) in [5, 5.41) is 3.77. The van der Waals surface area contributed by atoms with E-state index in [0.29, 0.717) is 16.1 Å². The third-order valence-corrected chi connectivity index (χ3v) is 4.31. The van der Waals surface area contributed by atoms with Crippen LogP contribution < -0.4 is 5.32 Å². The second-order valence-corrected chi connectivity index (χ2v) is 6.33. The molecule has 0 saturated carbocycles. The summed E-state index contributed by atoms with van der Waals surface area (Å²) in [7, 11) is 0. The molecule has 0 spiro atoms. The largest absolute Gasteiger partial charge is 0.469 e. The minimum Gasteiger partial charge on any atom is -0.469 e. The highest BCUT2D eigenvalue weighted by Crippen LogP contribution is 2.22. The Bertz CT molecular complexity index is 834. The topological polar surface area (TPSA) is 58.6 Å². The Morgan fingerprint density at radius 3 is 2.40 bits per heavy atom. The molecule has 0 atom stereocenters. The molecule has 2 aromatic carbocycles. The first kappa shape index (κ1) is 17.4. The molecule has 0 unspecified atom stereocenters. The van der Waals surface area contributed by atoms with E-state index in [2.05, 4.69) is 5.32 Å². The third kappa shape index (κ3) is 3.65. The number of imide groups is 1. The highest BCUT2D eigenvalue weighted by Gasteiger charge is 2.34. The number of thiocarbonyl (C=S) groups is 1. The average molecular weight is 375 g/mol. The number of hydrogen-bond acceptors (Lipinski definition) is 4. The number of fused-ring (bicyclic) bond motifs is 1. The van der Waals surface area contributed by atoms with Gasteiger partial charge in [0.25, 0.3) is 17.0 Å². The van der Waals surface area contributed by atoms with Gasteiger partial charge in [-0.05, 0) is 55.0 Å². The third-order valence-electron chi connectivity index (χ3n) is 3.85. The monoisotopic (exact) mass is 374 g/mol. The molecule has 0 radical (unpaired) electrons. The van der Waals surface area contributed by atoms with Gasteiger partial charge in [-0.25, -0.2) is 0 Å². The van der Waals surface area contributed by atoms with Gasteiger partial charge in [-0.3, -0.25) is 14.5 Å². The molecule has 7 heteroatoms. The van der Waals surface area contributed by atoms with Crippen LogP contribution in [0.4, 0.5) is 5.69 Å². The van der Waals surface area contributed by atoms with Crippen molar-refractivity contribution >= 4 is 46.5 Å². The molecule has 5 nitrogen and oxygen atoms in total. The maximum absolute atomic E-state index is 12.2. The molecule has 25 heavy (non-hydrogen) atoms. The summed E-state index contributed by atoms with van der Waals surface area (Å²) in [4.78, 5) is 25.6. The molecule has 1 heterocycles. The first-order valence-corrected chi connectivity index (χ1v) is 8.41. The van der Waals surface area contributed by atoms with Gasteiger partial charge in [0.2, 0.25) is 0 Å². The van der Waals surface area contributed by atoms with E-state index in [4.69, 9.17) is 28.6 Å². The smallest absolute Gasteiger partial charge is 0.261 e. The van der Waals surface area contributed by atoms with Gasteiger partial charge in [0.1, 0.15) is 6.61 Å². The van der Waals surface area contributed by atoms with Crippen LogP contribution in [0.1, 0.15) is 26.3 Å². The van der Waals surface area contributed by atoms with Crippen molar-refractivity contribution in [1.82, 2.24) is 4.90 Å². The molecule has 2 aromatic rings. The predicted molar refractivity (Wildman–Crippen MR) is 100 cm³/mol. The minimum absolute atomic E-state index is 0.115. The van der Waals surface area contributed by atoms with Gasteiger partial charge in [-0.15, -0.1) is 0 Å². The van der Waals surface area contributed by atoms with E-state index < -0.39 is 0 Å². The maximum Gasteiger partial charge on any atom is 0.261 e. The molecule has 0 aromatic heterocycles. The predicted octanol–water partition coefficient (Wildman–Crippen LogP) is 3.66. The summed E-state index contributed by atoms with van der Waals surface area (Å²) in [5.74, 6) is -0.617. The fraction of sp³-hybridized carbons (Fsp3) is 0.167. The Kier molecular flexibility index (Phi) is 5.01. The van der Waals surface area contributed by atoms with Gasteiger partial charge < -0.3 is 10.1 Å². The van der Waals surface area contributed by atoms with E-state index in [1.807, 2.05) is 13.0 Å². The molecule has 3 rings (SSSR count). The van der Waals surface area contributed by atoms with Crippen LogP contribution in [-0.4, -0.2) is 35.0 Å². The summed E-state index contributed by atoms with van der Waals surface area (Å²) < 4.78 is 5.43. The molecule has 0 bridgehead atoms. The van der Waals surface area contributed by atoms with Crippen LogP contribution in [0.15, 0.2) is 42.5 Å². The highest BCUT2D eigenvalue weighted by atomic mass is 35.5. The first-order valence-electron chi connectivity index (χ1n) is 7.62. The lowest BCUT2D eigenvalue weighted by molar-refractivity contribution is 0.0629. The second-order valence-electron chi connectivity index (χ2n) is 5.53. The zero-order valence-corrected chi connectivity index (χ0v) is 15.0. The lowest BCUT2D eigenvalue weighted by Gasteiger charge is -2.16. The fourth-order valence-electron chi connectivity index (χ4n) is 2.59. The van der Waals surface area contributed by atoms with Crippen LogP contribution >= 0.6 is 23.8 Å². The van der Waals surface area contributed by atoms with Gasteiger partial charge in [0, 0.05) is 10.7 Å². The SMILES string of the molecule is Cc1cc(Cl)ccc1NC(=S)OCCN1C(=O)c2ccccc2C1=O. The highest BCUT2D eigenvalue weighted by molar-refractivity contribution is 7.80. The van der Waals surface area contributed by atoms with Crippen molar-refractivity contribution in [2.45, 2.75) is 6.92 Å². The van der Waals surface area contributed by atoms with E-state index in [-0.39, 0.29) is 30.1 Å². The van der Waals surface area contributed by atoms with Crippen molar-refractivity contribution in [3.8, 4) is 0 Å². The fourth-order valence-corrected chi connectivity index (χ4v) is 3.01. The number of nitrogens with zero attached hydrogens (tertiary/aromatic N) is 1. The number of hydrogen-bond donors (Lipinski definition) is 1. The summed E-state index contributed by atoms with van der Waals surface area (Å²) in [5.41, 5.74) is 2.56. The summed E-state index contributed by atoms with van der Waals surface area (Å²) in [6.45, 7) is 2.15. The van der Waals surface area contributed by atoms with E-state index >= 15 is 0 Å². The summed E-state index contributed by atoms with van der Waals surface area (Å²) in [6, 6.07) is 12.1. The van der Waals surface area contributed by atoms with Crippen LogP contribution in [0.3, 0.4) is 0 Å². The molecule has 0 saturated heterocycles. The number of ether oxygens (including phenoxy) is 1. The van der Waals surface area contributed by atoms with Gasteiger partial charge in [0.15, 0.2) is 0 Å². The Hall–Kier alpha value is -2.44. The van der Waals surface area contributed by atoms with E-state index in [9.17, 15) is 9.59 Å². The second kappa shape index (κ2) is 7.21. The molecular formula is C18H15ClN2O3S. The molecule has 0 aliphatic carbocycles. The molecule has 1 aliphatic rings. The lowest BCUT2D eigenvalue weighted by atomic mass is 10.1. The van der Waals surface area contributed by atoms with Gasteiger partial charge in [-0.2, -0.15) is 0 Å². The van der Waals surface area contributed by atoms with E-state index in [1.54, 1.807) is 36.4 Å². The van der Waals surface area contributed by atoms with Crippen molar-refractivity contribution in [2.75, 3.05) is 18.5 Å². The lowest BCUT2D eigenvalue weighted by Crippen LogP contribution is -2.33. The minimum atomic E-state index is -0.309. The molecule has 128 valence electrons. The number of amides is 2. The number of anilines is 1. The number of aryl methyl sites for hydroxylation is 1. The first-order chi connectivity index (χ1) is 12.0. The number of halogens is 1. The van der Waals surface area contributed by atoms with Crippen molar-refractivity contribution in [1.29, 1.82) is 0 Å². The molecule has 2 amide bonds. The van der Waals surface area contributed by atoms with Gasteiger partial charge >= 0.3 is 0 Å². The Morgan fingerprint density at radius 2 is 1.80 bits per heavy atom. The van der Waals surface area contributed by atoms with Crippen molar-refractivity contribution in [3.05, 3.63) is 64.2 Å². The van der Waals surface area contributed by atoms with E-state index in [1.165, 1.54) is 4.90 Å². The van der Waals surface area contributed by atoms with Crippen LogP contribution in [0.25, 0.3) is 0 Å². The number of carbonyl (C=O) groups excluding carboxylic acids is 2. The average Bonchev–Trinajstić information content (AvgIpc) is 2.83. The molecule has 0 fully saturated rings. The Balaban J connectivity index is 1.54.